The molecule has 270 valence electrons. The van der Waals surface area contributed by atoms with Gasteiger partial charge in [0.05, 0.1) is 0 Å². The molecule has 0 amide bonds. The van der Waals surface area contributed by atoms with Crippen molar-refractivity contribution in [2.24, 2.45) is 23.7 Å². The van der Waals surface area contributed by atoms with E-state index in [0.717, 1.165) is 23.7 Å². The zero-order chi connectivity index (χ0) is 36.9. The molecule has 6 rings (SSSR count). The first-order valence-corrected chi connectivity index (χ1v) is 26.2. The molecule has 0 saturated heterocycles. The van der Waals surface area contributed by atoms with Gasteiger partial charge < -0.3 is 0 Å². The maximum atomic E-state index is 4.89. The molecule has 0 nitrogen and oxygen atoms in total. The number of rotatable bonds is 12. The average molecular weight is 790 g/mol. The summed E-state index contributed by atoms with van der Waals surface area (Å²) in [7, 11) is 9.65. The summed E-state index contributed by atoms with van der Waals surface area (Å²) in [5.74, 6) is 3.06. The van der Waals surface area contributed by atoms with E-state index in [1.54, 1.807) is 10.6 Å². The molecular formula is C46H56Cl2P2Ti-2. The van der Waals surface area contributed by atoms with Gasteiger partial charge in [-0.25, -0.2) is 0 Å². The zero-order valence-electron chi connectivity index (χ0n) is 31.8. The molecule has 51 heavy (non-hydrogen) atoms. The van der Waals surface area contributed by atoms with E-state index in [4.69, 9.17) is 18.6 Å². The van der Waals surface area contributed by atoms with Crippen LogP contribution in [0.15, 0.2) is 121 Å². The molecule has 0 saturated carbocycles. The van der Waals surface area contributed by atoms with Crippen LogP contribution in [0.3, 0.4) is 0 Å². The Hall–Kier alpha value is -1.75. The van der Waals surface area contributed by atoms with Crippen molar-refractivity contribution in [2.75, 3.05) is 24.6 Å². The molecule has 6 aromatic carbocycles. The van der Waals surface area contributed by atoms with Gasteiger partial charge in [-0.05, 0) is 59.4 Å². The normalized spacial score (nSPS) is 11.5. The van der Waals surface area contributed by atoms with Crippen LogP contribution in [0.2, 0.25) is 0 Å². The van der Waals surface area contributed by atoms with E-state index in [1.807, 2.05) is 0 Å². The van der Waals surface area contributed by atoms with Crippen molar-refractivity contribution in [3.63, 3.8) is 0 Å². The molecule has 5 heteroatoms. The van der Waals surface area contributed by atoms with Crippen LogP contribution in [0.25, 0.3) is 43.8 Å². The second-order valence-corrected chi connectivity index (χ2v) is 22.5. The van der Waals surface area contributed by atoms with E-state index < -0.39 is 17.0 Å². The van der Waals surface area contributed by atoms with Crippen molar-refractivity contribution >= 4 is 66.6 Å². The van der Waals surface area contributed by atoms with Gasteiger partial charge in [0.1, 0.15) is 0 Å². The SMILES string of the molecule is CC(C)CP(CC(C)C)c1cc2c(-c3ccccc3)cccc2[cH-]1.CC(C)CP(CC(C)C)c1cc2c(-c3ccccc3)cccc2[cH-]1.[Cl][Ti][Cl]. The van der Waals surface area contributed by atoms with Gasteiger partial charge in [-0.15, -0.1) is 68.6 Å². The third kappa shape index (κ3) is 12.7. The number of hydrogen-bond acceptors (Lipinski definition) is 0. The Bertz CT molecular complexity index is 1710. The summed E-state index contributed by atoms with van der Waals surface area (Å²) in [6, 6.07) is 44.9. The van der Waals surface area contributed by atoms with Crippen molar-refractivity contribution < 1.29 is 17.0 Å². The third-order valence-electron chi connectivity index (χ3n) is 8.71. The first-order valence-electron chi connectivity index (χ1n) is 18.5. The Labute approximate surface area is 328 Å². The second kappa shape index (κ2) is 21.2. The van der Waals surface area contributed by atoms with Gasteiger partial charge in [-0.3, -0.25) is 0 Å². The summed E-state index contributed by atoms with van der Waals surface area (Å²) in [5, 5.41) is 8.80. The summed E-state index contributed by atoms with van der Waals surface area (Å²) in [6.45, 7) is 18.8. The third-order valence-corrected chi connectivity index (χ3v) is 15.4. The van der Waals surface area contributed by atoms with E-state index >= 15 is 0 Å². The molecule has 0 radical (unpaired) electrons. The Kier molecular flexibility index (Phi) is 17.5. The van der Waals surface area contributed by atoms with Crippen LogP contribution in [0.4, 0.5) is 0 Å². The van der Waals surface area contributed by atoms with Crippen molar-refractivity contribution in [3.8, 4) is 22.3 Å². The first kappa shape index (κ1) is 42.0. The Morgan fingerprint density at radius 1 is 0.471 bits per heavy atom. The molecule has 0 aliphatic rings. The van der Waals surface area contributed by atoms with Gasteiger partial charge in [-0.2, -0.15) is 12.1 Å². The fourth-order valence-corrected chi connectivity index (χ4v) is 12.8. The predicted octanol–water partition coefficient (Wildman–Crippen LogP) is 14.7. The molecule has 0 aliphatic heterocycles. The molecule has 0 N–H and O–H groups in total. The van der Waals surface area contributed by atoms with Crippen molar-refractivity contribution in [1.82, 2.24) is 0 Å². The zero-order valence-corrected chi connectivity index (χ0v) is 36.7. The topological polar surface area (TPSA) is 0 Å². The van der Waals surface area contributed by atoms with Crippen LogP contribution in [-0.4, -0.2) is 24.6 Å². The molecule has 0 aromatic heterocycles. The van der Waals surface area contributed by atoms with E-state index in [9.17, 15) is 0 Å². The molecule has 0 fully saturated rings. The molecule has 0 spiro atoms. The molecule has 6 aromatic rings. The Balaban J connectivity index is 0.000000212. The number of fused-ring (bicyclic) bond motifs is 2. The number of hydrogen-bond donors (Lipinski definition) is 0. The number of halogens is 2. The quantitative estimate of drug-likeness (QED) is 0.0658. The van der Waals surface area contributed by atoms with E-state index in [0.29, 0.717) is 0 Å². The van der Waals surface area contributed by atoms with Crippen LogP contribution in [0.5, 0.6) is 0 Å². The first-order chi connectivity index (χ1) is 24.5. The molecule has 0 atom stereocenters. The van der Waals surface area contributed by atoms with Crippen molar-refractivity contribution in [3.05, 3.63) is 121 Å². The summed E-state index contributed by atoms with van der Waals surface area (Å²) < 4.78 is 0. The predicted molar refractivity (Wildman–Crippen MR) is 234 cm³/mol. The van der Waals surface area contributed by atoms with Gasteiger partial charge in [0.2, 0.25) is 0 Å². The van der Waals surface area contributed by atoms with E-state index in [2.05, 4.69) is 177 Å². The fraction of sp³-hybridized carbons (Fsp3) is 0.348. The summed E-state index contributed by atoms with van der Waals surface area (Å²) >= 11 is -0.556. The van der Waals surface area contributed by atoms with Gasteiger partial charge in [0.25, 0.3) is 0 Å². The van der Waals surface area contributed by atoms with Crippen LogP contribution < -0.4 is 10.6 Å². The van der Waals surface area contributed by atoms with Gasteiger partial charge in [0, 0.05) is 0 Å². The van der Waals surface area contributed by atoms with E-state index in [1.165, 1.54) is 68.4 Å². The summed E-state index contributed by atoms with van der Waals surface area (Å²) in [4.78, 5) is 0. The standard InChI is InChI=1S/2C23H28P.2ClH.Ti/c2*1-17(2)15-24(16-18(3)4)21-13-20-11-8-12-22(23(20)14-21)19-9-6-5-7-10-19;;;/h2*5-14,17-18H,15-16H2,1-4H3;2*1H;/q2*-1;;;+2/p-2. The fourth-order valence-electron chi connectivity index (χ4n) is 6.88. The minimum absolute atomic E-state index is 0.0628. The van der Waals surface area contributed by atoms with Gasteiger partial charge >= 0.3 is 35.6 Å². The summed E-state index contributed by atoms with van der Waals surface area (Å²) in [6.07, 6.45) is 5.35. The van der Waals surface area contributed by atoms with Gasteiger partial charge in [-0.1, -0.05) is 155 Å². The molecule has 0 unspecified atom stereocenters. The maximum absolute atomic E-state index is 4.89. The molecule has 0 bridgehead atoms. The Morgan fingerprint density at radius 3 is 1.08 bits per heavy atom. The van der Waals surface area contributed by atoms with Crippen LogP contribution in [0, 0.1) is 23.7 Å². The van der Waals surface area contributed by atoms with Crippen LogP contribution in [0.1, 0.15) is 55.4 Å². The van der Waals surface area contributed by atoms with Gasteiger partial charge in [0.15, 0.2) is 0 Å². The minimum atomic E-state index is -0.556. The number of benzene rings is 4. The van der Waals surface area contributed by atoms with Crippen LogP contribution in [-0.2, 0) is 17.0 Å². The molecular weight excluding hydrogens is 733 g/mol. The van der Waals surface area contributed by atoms with Crippen LogP contribution >= 0.6 is 34.5 Å². The van der Waals surface area contributed by atoms with Crippen molar-refractivity contribution in [2.45, 2.75) is 55.4 Å². The van der Waals surface area contributed by atoms with Crippen molar-refractivity contribution in [1.29, 1.82) is 0 Å². The van der Waals surface area contributed by atoms with E-state index in [-0.39, 0.29) is 15.8 Å². The monoisotopic (exact) mass is 788 g/mol. The second-order valence-electron chi connectivity index (χ2n) is 15.2. The molecule has 0 aliphatic carbocycles. The summed E-state index contributed by atoms with van der Waals surface area (Å²) in [5.41, 5.74) is 5.36. The average Bonchev–Trinajstić information content (AvgIpc) is 3.74. The molecule has 0 heterocycles. The Morgan fingerprint density at radius 2 is 0.784 bits per heavy atom.